The van der Waals surface area contributed by atoms with Gasteiger partial charge in [-0.15, -0.1) is 0 Å². The fourth-order valence-electron chi connectivity index (χ4n) is 2.41. The Balaban J connectivity index is 2.30. The summed E-state index contributed by atoms with van der Waals surface area (Å²) in [6.07, 6.45) is 0.809. The summed E-state index contributed by atoms with van der Waals surface area (Å²) < 4.78 is 13.3. The second-order valence-electron chi connectivity index (χ2n) is 5.11. The first-order chi connectivity index (χ1) is 10.4. The van der Waals surface area contributed by atoms with E-state index in [9.17, 15) is 23.6 Å². The van der Waals surface area contributed by atoms with E-state index in [1.54, 1.807) is 0 Å². The van der Waals surface area contributed by atoms with E-state index in [0.29, 0.717) is 6.29 Å². The van der Waals surface area contributed by atoms with Crippen molar-refractivity contribution < 1.29 is 23.6 Å². The molecule has 1 atom stereocenters. The molecule has 2 rings (SSSR count). The molecule has 0 N–H and O–H groups in total. The standard InChI is InChI=1S/C15H15FN2O4/c1-17(12-5-6-13(20)18(2)15(12)22)14(21)11-7-10(16)4-3-9(11)8-19/h3-4,7-8,12H,5-6H2,1-2H3. The number of carbonyl (C=O) groups is 4. The van der Waals surface area contributed by atoms with Gasteiger partial charge in [-0.3, -0.25) is 24.1 Å². The number of hydrogen-bond acceptors (Lipinski definition) is 4. The Labute approximate surface area is 126 Å². The number of aldehydes is 1. The molecule has 116 valence electrons. The number of amides is 3. The molecule has 1 saturated heterocycles. The highest BCUT2D eigenvalue weighted by atomic mass is 19.1. The minimum absolute atomic E-state index is 0.0472. The number of piperidine rings is 1. The molecule has 1 aromatic rings. The fourth-order valence-corrected chi connectivity index (χ4v) is 2.41. The van der Waals surface area contributed by atoms with E-state index in [1.807, 2.05) is 0 Å². The van der Waals surface area contributed by atoms with Crippen LogP contribution in [0.5, 0.6) is 0 Å². The lowest BCUT2D eigenvalue weighted by Crippen LogP contribution is -2.53. The van der Waals surface area contributed by atoms with Crippen molar-refractivity contribution in [2.24, 2.45) is 0 Å². The van der Waals surface area contributed by atoms with Gasteiger partial charge in [0.25, 0.3) is 11.8 Å². The molecule has 0 radical (unpaired) electrons. The van der Waals surface area contributed by atoms with Gasteiger partial charge < -0.3 is 4.90 Å². The number of imide groups is 1. The first-order valence-electron chi connectivity index (χ1n) is 6.69. The average Bonchev–Trinajstić information content (AvgIpc) is 2.51. The maximum atomic E-state index is 13.3. The summed E-state index contributed by atoms with van der Waals surface area (Å²) in [6.45, 7) is 0. The molecule has 1 aliphatic heterocycles. The van der Waals surface area contributed by atoms with E-state index in [0.717, 1.165) is 21.9 Å². The second kappa shape index (κ2) is 6.05. The molecule has 1 aromatic carbocycles. The SMILES string of the molecule is CN1C(=O)CCC(N(C)C(=O)c2cc(F)ccc2C=O)C1=O. The summed E-state index contributed by atoms with van der Waals surface area (Å²) in [5.41, 5.74) is -0.0595. The summed E-state index contributed by atoms with van der Waals surface area (Å²) in [5.74, 6) is -2.08. The Bertz CT molecular complexity index is 659. The van der Waals surface area contributed by atoms with E-state index < -0.39 is 23.7 Å². The Morgan fingerprint density at radius 3 is 2.73 bits per heavy atom. The van der Waals surface area contributed by atoms with Crippen molar-refractivity contribution in [2.45, 2.75) is 18.9 Å². The van der Waals surface area contributed by atoms with Gasteiger partial charge in [0.15, 0.2) is 6.29 Å². The number of likely N-dealkylation sites (tertiary alicyclic amines) is 1. The maximum Gasteiger partial charge on any atom is 0.255 e. The van der Waals surface area contributed by atoms with Crippen LogP contribution in [0.3, 0.4) is 0 Å². The minimum Gasteiger partial charge on any atom is -0.330 e. The van der Waals surface area contributed by atoms with Crippen LogP contribution in [-0.4, -0.2) is 53.9 Å². The van der Waals surface area contributed by atoms with Gasteiger partial charge in [0.2, 0.25) is 5.91 Å². The van der Waals surface area contributed by atoms with E-state index in [-0.39, 0.29) is 29.9 Å². The zero-order valence-electron chi connectivity index (χ0n) is 12.2. The van der Waals surface area contributed by atoms with Crippen LogP contribution in [0.25, 0.3) is 0 Å². The van der Waals surface area contributed by atoms with Crippen LogP contribution >= 0.6 is 0 Å². The monoisotopic (exact) mass is 306 g/mol. The third kappa shape index (κ3) is 2.74. The molecule has 22 heavy (non-hydrogen) atoms. The van der Waals surface area contributed by atoms with Gasteiger partial charge in [-0.1, -0.05) is 0 Å². The third-order valence-electron chi connectivity index (χ3n) is 3.78. The molecular formula is C15H15FN2O4. The Kier molecular flexibility index (Phi) is 4.35. The molecule has 0 aromatic heterocycles. The van der Waals surface area contributed by atoms with Gasteiger partial charge in [0.05, 0.1) is 5.56 Å². The van der Waals surface area contributed by atoms with Gasteiger partial charge in [-0.25, -0.2) is 4.39 Å². The number of carbonyl (C=O) groups excluding carboxylic acids is 4. The van der Waals surface area contributed by atoms with Crippen molar-refractivity contribution in [3.8, 4) is 0 Å². The van der Waals surface area contributed by atoms with Crippen molar-refractivity contribution in [1.29, 1.82) is 0 Å². The van der Waals surface area contributed by atoms with E-state index in [1.165, 1.54) is 20.2 Å². The maximum absolute atomic E-state index is 13.3. The fraction of sp³-hybridized carbons (Fsp3) is 0.333. The Hall–Kier alpha value is -2.57. The zero-order valence-corrected chi connectivity index (χ0v) is 12.2. The zero-order chi connectivity index (χ0) is 16.4. The van der Waals surface area contributed by atoms with Crippen molar-refractivity contribution in [3.63, 3.8) is 0 Å². The molecule has 0 saturated carbocycles. The molecule has 7 heteroatoms. The first kappa shape index (κ1) is 15.8. The first-order valence-corrected chi connectivity index (χ1v) is 6.69. The number of benzene rings is 1. The largest absolute Gasteiger partial charge is 0.330 e. The lowest BCUT2D eigenvalue weighted by molar-refractivity contribution is -0.150. The summed E-state index contributed by atoms with van der Waals surface area (Å²) in [4.78, 5) is 49.1. The van der Waals surface area contributed by atoms with Crippen LogP contribution in [0.2, 0.25) is 0 Å². The van der Waals surface area contributed by atoms with E-state index in [2.05, 4.69) is 0 Å². The summed E-state index contributed by atoms with van der Waals surface area (Å²) >= 11 is 0. The van der Waals surface area contributed by atoms with E-state index in [4.69, 9.17) is 0 Å². The summed E-state index contributed by atoms with van der Waals surface area (Å²) in [7, 11) is 2.75. The van der Waals surface area contributed by atoms with Gasteiger partial charge in [0, 0.05) is 26.1 Å². The van der Waals surface area contributed by atoms with Gasteiger partial charge in [-0.2, -0.15) is 0 Å². The average molecular weight is 306 g/mol. The molecule has 0 spiro atoms. The smallest absolute Gasteiger partial charge is 0.255 e. The topological polar surface area (TPSA) is 74.8 Å². The van der Waals surface area contributed by atoms with Gasteiger partial charge in [0.1, 0.15) is 11.9 Å². The van der Waals surface area contributed by atoms with Crippen molar-refractivity contribution in [1.82, 2.24) is 9.80 Å². The van der Waals surface area contributed by atoms with Crippen LogP contribution in [0.4, 0.5) is 4.39 Å². The lowest BCUT2D eigenvalue weighted by atomic mass is 10.0. The van der Waals surface area contributed by atoms with Crippen LogP contribution < -0.4 is 0 Å². The summed E-state index contributed by atoms with van der Waals surface area (Å²) in [6, 6.07) is 2.45. The van der Waals surface area contributed by atoms with Crippen molar-refractivity contribution >= 4 is 24.0 Å². The quantitative estimate of drug-likeness (QED) is 0.613. The molecular weight excluding hydrogens is 291 g/mol. The van der Waals surface area contributed by atoms with Crippen molar-refractivity contribution in [3.05, 3.63) is 35.1 Å². The van der Waals surface area contributed by atoms with E-state index >= 15 is 0 Å². The molecule has 1 fully saturated rings. The van der Waals surface area contributed by atoms with Crippen LogP contribution in [0, 0.1) is 5.82 Å². The van der Waals surface area contributed by atoms with Gasteiger partial charge >= 0.3 is 0 Å². The number of likely N-dealkylation sites (N-methyl/N-ethyl adjacent to an activating group) is 2. The van der Waals surface area contributed by atoms with Crippen LogP contribution in [-0.2, 0) is 9.59 Å². The predicted octanol–water partition coefficient (Wildman–Crippen LogP) is 0.858. The Morgan fingerprint density at radius 1 is 1.41 bits per heavy atom. The number of nitrogens with zero attached hydrogens (tertiary/aromatic N) is 2. The predicted molar refractivity (Wildman–Crippen MR) is 74.7 cm³/mol. The number of rotatable bonds is 3. The number of hydrogen-bond donors (Lipinski definition) is 0. The second-order valence-corrected chi connectivity index (χ2v) is 5.11. The molecule has 1 aliphatic rings. The van der Waals surface area contributed by atoms with Crippen molar-refractivity contribution in [2.75, 3.05) is 14.1 Å². The minimum atomic E-state index is -0.807. The summed E-state index contributed by atoms with van der Waals surface area (Å²) in [5, 5.41) is 0. The number of halogens is 1. The Morgan fingerprint density at radius 2 is 2.09 bits per heavy atom. The normalized spacial score (nSPS) is 18.3. The highest BCUT2D eigenvalue weighted by Gasteiger charge is 2.36. The molecule has 3 amide bonds. The molecule has 0 aliphatic carbocycles. The molecule has 1 unspecified atom stereocenters. The molecule has 6 nitrogen and oxygen atoms in total. The van der Waals surface area contributed by atoms with Gasteiger partial charge in [-0.05, 0) is 24.6 Å². The van der Waals surface area contributed by atoms with Crippen LogP contribution in [0.15, 0.2) is 18.2 Å². The molecule has 1 heterocycles. The molecule has 0 bridgehead atoms. The lowest BCUT2D eigenvalue weighted by Gasteiger charge is -2.33. The van der Waals surface area contributed by atoms with Crippen LogP contribution in [0.1, 0.15) is 33.6 Å². The third-order valence-corrected chi connectivity index (χ3v) is 3.78. The highest BCUT2D eigenvalue weighted by Crippen LogP contribution is 2.20. The highest BCUT2D eigenvalue weighted by molar-refractivity contribution is 6.05.